The van der Waals surface area contributed by atoms with Crippen LogP contribution in [-0.2, 0) is 16.0 Å². The van der Waals surface area contributed by atoms with Crippen LogP contribution in [-0.4, -0.2) is 50.6 Å². The number of nitrogens with one attached hydrogen (secondary N) is 1. The maximum absolute atomic E-state index is 11.8. The third-order valence-electron chi connectivity index (χ3n) is 4.49. The summed E-state index contributed by atoms with van der Waals surface area (Å²) in [6.07, 6.45) is 1.89. The van der Waals surface area contributed by atoms with Gasteiger partial charge in [-0.1, -0.05) is 36.7 Å². The van der Waals surface area contributed by atoms with Crippen molar-refractivity contribution in [2.75, 3.05) is 33.8 Å². The fraction of sp³-hybridized carbons (Fsp3) is 0.556. The fourth-order valence-electron chi connectivity index (χ4n) is 3.11. The molecule has 6 heteroatoms. The number of benzene rings is 1. The number of hydrogen-bond acceptors (Lipinski definition) is 3. The molecule has 5 nitrogen and oxygen atoms in total. The summed E-state index contributed by atoms with van der Waals surface area (Å²) in [5.41, 5.74) is 1.16. The molecule has 0 amide bonds. The topological polar surface area (TPSA) is 53.9 Å². The highest BCUT2D eigenvalue weighted by molar-refractivity contribution is 6.31. The molecule has 1 aromatic rings. The monoisotopic (exact) mass is 351 g/mol. The molecule has 2 atom stereocenters. The van der Waals surface area contributed by atoms with E-state index >= 15 is 0 Å². The van der Waals surface area contributed by atoms with Gasteiger partial charge in [0.1, 0.15) is 0 Å². The minimum atomic E-state index is -0.140. The first kappa shape index (κ1) is 18.6. The SMILES string of the molecule is CN=C(NCCCc1ccccc1Cl)N1CC(C)C(C(=O)OC)C1. The molecule has 2 unspecified atom stereocenters. The number of carbonyl (C=O) groups excluding carboxylic acids is 1. The number of likely N-dealkylation sites (tertiary alicyclic amines) is 1. The Morgan fingerprint density at radius 3 is 2.83 bits per heavy atom. The van der Waals surface area contributed by atoms with E-state index in [1.165, 1.54) is 7.11 Å². The van der Waals surface area contributed by atoms with Gasteiger partial charge < -0.3 is 15.0 Å². The van der Waals surface area contributed by atoms with Gasteiger partial charge in [0.25, 0.3) is 0 Å². The molecule has 1 fully saturated rings. The first-order chi connectivity index (χ1) is 11.6. The Kier molecular flexibility index (Phi) is 6.91. The van der Waals surface area contributed by atoms with Crippen LogP contribution in [0.15, 0.2) is 29.3 Å². The summed E-state index contributed by atoms with van der Waals surface area (Å²) in [6, 6.07) is 7.92. The molecule has 1 N–H and O–H groups in total. The van der Waals surface area contributed by atoms with Gasteiger partial charge in [0.05, 0.1) is 13.0 Å². The Bertz CT molecular complexity index is 591. The van der Waals surface area contributed by atoms with E-state index in [-0.39, 0.29) is 17.8 Å². The summed E-state index contributed by atoms with van der Waals surface area (Å²) in [5, 5.41) is 4.20. The number of esters is 1. The first-order valence-corrected chi connectivity index (χ1v) is 8.71. The van der Waals surface area contributed by atoms with Crippen LogP contribution in [0.4, 0.5) is 0 Å². The van der Waals surface area contributed by atoms with E-state index in [1.807, 2.05) is 18.2 Å². The number of guanidine groups is 1. The molecule has 2 rings (SSSR count). The lowest BCUT2D eigenvalue weighted by molar-refractivity contribution is -0.145. The molecule has 1 heterocycles. The van der Waals surface area contributed by atoms with Crippen LogP contribution < -0.4 is 5.32 Å². The number of methoxy groups -OCH3 is 1. The molecule has 1 saturated heterocycles. The number of halogens is 1. The second kappa shape index (κ2) is 8.92. The highest BCUT2D eigenvalue weighted by atomic mass is 35.5. The molecular formula is C18H26ClN3O2. The normalized spacial score (nSPS) is 21.0. The molecule has 132 valence electrons. The molecule has 1 aromatic carbocycles. The molecule has 0 saturated carbocycles. The maximum Gasteiger partial charge on any atom is 0.310 e. The van der Waals surface area contributed by atoms with Gasteiger partial charge >= 0.3 is 5.97 Å². The molecule has 0 spiro atoms. The van der Waals surface area contributed by atoms with Gasteiger partial charge in [0.2, 0.25) is 0 Å². The Balaban J connectivity index is 1.81. The Morgan fingerprint density at radius 2 is 2.17 bits per heavy atom. The summed E-state index contributed by atoms with van der Waals surface area (Å²) in [6.45, 7) is 4.35. The molecule has 0 aromatic heterocycles. The van der Waals surface area contributed by atoms with E-state index in [1.54, 1.807) is 7.05 Å². The molecule has 1 aliphatic heterocycles. The van der Waals surface area contributed by atoms with Crippen molar-refractivity contribution in [2.45, 2.75) is 19.8 Å². The van der Waals surface area contributed by atoms with Gasteiger partial charge in [-0.05, 0) is 30.4 Å². The number of carbonyl (C=O) groups is 1. The lowest BCUT2D eigenvalue weighted by Gasteiger charge is -2.21. The number of nitrogens with zero attached hydrogens (tertiary/aromatic N) is 2. The van der Waals surface area contributed by atoms with Gasteiger partial charge in [0, 0.05) is 31.7 Å². The van der Waals surface area contributed by atoms with Crippen molar-refractivity contribution >= 4 is 23.5 Å². The van der Waals surface area contributed by atoms with Crippen LogP contribution in [0.25, 0.3) is 0 Å². The fourth-order valence-corrected chi connectivity index (χ4v) is 3.34. The van der Waals surface area contributed by atoms with Gasteiger partial charge in [-0.2, -0.15) is 0 Å². The molecule has 1 aliphatic rings. The van der Waals surface area contributed by atoms with Crippen LogP contribution >= 0.6 is 11.6 Å². The molecule has 0 radical (unpaired) electrons. The number of aryl methyl sites for hydroxylation is 1. The highest BCUT2D eigenvalue weighted by Gasteiger charge is 2.36. The standard InChI is InChI=1S/C18H26ClN3O2/c1-13-11-22(12-15(13)17(23)24-3)18(20-2)21-10-6-8-14-7-4-5-9-16(14)19/h4-5,7,9,13,15H,6,8,10-12H2,1-3H3,(H,20,21). The quantitative estimate of drug-likeness (QED) is 0.383. The van der Waals surface area contributed by atoms with Crippen molar-refractivity contribution in [1.29, 1.82) is 0 Å². The lowest BCUT2D eigenvalue weighted by atomic mass is 9.99. The zero-order valence-corrected chi connectivity index (χ0v) is 15.3. The third-order valence-corrected chi connectivity index (χ3v) is 4.86. The van der Waals surface area contributed by atoms with Crippen molar-refractivity contribution < 1.29 is 9.53 Å². The van der Waals surface area contributed by atoms with Crippen molar-refractivity contribution in [3.05, 3.63) is 34.9 Å². The van der Waals surface area contributed by atoms with E-state index in [0.29, 0.717) is 6.54 Å². The third kappa shape index (κ3) is 4.63. The maximum atomic E-state index is 11.8. The number of ether oxygens (including phenoxy) is 1. The van der Waals surface area contributed by atoms with E-state index in [4.69, 9.17) is 16.3 Å². The van der Waals surface area contributed by atoms with Gasteiger partial charge in [-0.25, -0.2) is 0 Å². The van der Waals surface area contributed by atoms with E-state index in [0.717, 1.165) is 42.5 Å². The summed E-state index contributed by atoms with van der Waals surface area (Å²) >= 11 is 6.18. The lowest BCUT2D eigenvalue weighted by Crippen LogP contribution is -2.41. The van der Waals surface area contributed by atoms with Gasteiger partial charge in [-0.15, -0.1) is 0 Å². The molecular weight excluding hydrogens is 326 g/mol. The number of rotatable bonds is 5. The summed E-state index contributed by atoms with van der Waals surface area (Å²) < 4.78 is 4.89. The predicted octanol–water partition coefficient (Wildman–Crippen LogP) is 2.59. The largest absolute Gasteiger partial charge is 0.469 e. The minimum Gasteiger partial charge on any atom is -0.469 e. The van der Waals surface area contributed by atoms with E-state index in [2.05, 4.69) is 28.2 Å². The highest BCUT2D eigenvalue weighted by Crippen LogP contribution is 2.24. The van der Waals surface area contributed by atoms with Gasteiger partial charge in [-0.3, -0.25) is 9.79 Å². The van der Waals surface area contributed by atoms with E-state index in [9.17, 15) is 4.79 Å². The summed E-state index contributed by atoms with van der Waals surface area (Å²) in [5.74, 6) is 0.877. The van der Waals surface area contributed by atoms with Crippen LogP contribution in [0.5, 0.6) is 0 Å². The van der Waals surface area contributed by atoms with Crippen molar-refractivity contribution in [1.82, 2.24) is 10.2 Å². The summed E-state index contributed by atoms with van der Waals surface area (Å²) in [7, 11) is 3.21. The number of aliphatic imine (C=N–C) groups is 1. The smallest absolute Gasteiger partial charge is 0.310 e. The van der Waals surface area contributed by atoms with E-state index < -0.39 is 0 Å². The van der Waals surface area contributed by atoms with Crippen LogP contribution in [0, 0.1) is 11.8 Å². The zero-order chi connectivity index (χ0) is 17.5. The average Bonchev–Trinajstić information content (AvgIpc) is 2.97. The number of hydrogen-bond donors (Lipinski definition) is 1. The predicted molar refractivity (Wildman–Crippen MR) is 97.4 cm³/mol. The van der Waals surface area contributed by atoms with Crippen LogP contribution in [0.1, 0.15) is 18.9 Å². The zero-order valence-electron chi connectivity index (χ0n) is 14.6. The average molecular weight is 352 g/mol. The van der Waals surface area contributed by atoms with Crippen molar-refractivity contribution in [3.63, 3.8) is 0 Å². The summed E-state index contributed by atoms with van der Waals surface area (Å²) in [4.78, 5) is 18.3. The second-order valence-electron chi connectivity index (χ2n) is 6.18. The van der Waals surface area contributed by atoms with Crippen LogP contribution in [0.2, 0.25) is 5.02 Å². The second-order valence-corrected chi connectivity index (χ2v) is 6.59. The molecule has 0 aliphatic carbocycles. The van der Waals surface area contributed by atoms with Gasteiger partial charge in [0.15, 0.2) is 5.96 Å². The minimum absolute atomic E-state index is 0.0864. The Labute approximate surface area is 149 Å². The van der Waals surface area contributed by atoms with Crippen molar-refractivity contribution in [2.24, 2.45) is 16.8 Å². The Hall–Kier alpha value is -1.75. The van der Waals surface area contributed by atoms with Crippen molar-refractivity contribution in [3.8, 4) is 0 Å². The Morgan fingerprint density at radius 1 is 1.42 bits per heavy atom. The molecule has 0 bridgehead atoms. The molecule has 24 heavy (non-hydrogen) atoms. The first-order valence-electron chi connectivity index (χ1n) is 8.33. The van der Waals surface area contributed by atoms with Crippen LogP contribution in [0.3, 0.4) is 0 Å².